The van der Waals surface area contributed by atoms with Gasteiger partial charge in [-0.3, -0.25) is 38.4 Å². The molecule has 6 fully saturated rings. The van der Waals surface area contributed by atoms with Crippen LogP contribution in [-0.2, 0) is 81.0 Å². The second-order valence-electron chi connectivity index (χ2n) is 33.9. The molecule has 0 aromatic heterocycles. The van der Waals surface area contributed by atoms with Crippen LogP contribution < -0.4 is 31.9 Å². The Morgan fingerprint density at radius 3 is 0.991 bits per heavy atom. The van der Waals surface area contributed by atoms with Gasteiger partial charge in [0, 0.05) is 150 Å². The zero-order valence-corrected chi connectivity index (χ0v) is 67.4. The van der Waals surface area contributed by atoms with Crippen LogP contribution in [0.2, 0.25) is 0 Å². The van der Waals surface area contributed by atoms with Crippen LogP contribution in [0.5, 0.6) is 0 Å². The molecule has 6 bridgehead atoms. The number of nitrogens with one attached hydrogen (secondary N) is 6. The van der Waals surface area contributed by atoms with E-state index in [-0.39, 0.29) is 174 Å². The third-order valence-corrected chi connectivity index (χ3v) is 23.4. The number of amides is 6. The van der Waals surface area contributed by atoms with Crippen molar-refractivity contribution in [3.63, 3.8) is 0 Å². The summed E-state index contributed by atoms with van der Waals surface area (Å²) in [7, 11) is 0. The quantitative estimate of drug-likeness (QED) is 0.0368. The largest absolute Gasteiger partial charge is 0.390 e. The van der Waals surface area contributed by atoms with Gasteiger partial charge in [0.15, 0.2) is 0 Å². The molecule has 0 spiro atoms. The Balaban J connectivity index is 0.917. The third kappa shape index (κ3) is 32.0. The molecule has 6 amide bonds. The van der Waals surface area contributed by atoms with Crippen LogP contribution in [0.25, 0.3) is 0 Å². The second kappa shape index (κ2) is 49.5. The number of aliphatic hydroxyl groups excluding tert-OH is 6. The van der Waals surface area contributed by atoms with Gasteiger partial charge in [0.05, 0.1) is 134 Å². The lowest BCUT2D eigenvalue weighted by Gasteiger charge is -2.41. The lowest BCUT2D eigenvalue weighted by Crippen LogP contribution is -2.58. The Bertz CT molecular complexity index is 2510. The first-order valence-electron chi connectivity index (χ1n) is 41.7. The fourth-order valence-corrected chi connectivity index (χ4v) is 15.7. The molecule has 3 aliphatic carbocycles. The summed E-state index contributed by atoms with van der Waals surface area (Å²) >= 11 is 0. The maximum atomic E-state index is 14.0. The predicted molar refractivity (Wildman–Crippen MR) is 409 cm³/mol. The smallest absolute Gasteiger partial charge is 0.222 e. The Kier molecular flexibility index (Phi) is 42.5. The summed E-state index contributed by atoms with van der Waals surface area (Å²) in [4.78, 5) is 104. The number of Topliss-reactive ketones (excluding diaryl/α,β-unsaturated/α-hetero) is 2. The molecule has 110 heavy (non-hydrogen) atoms. The molecule has 3 saturated heterocycles. The molecule has 29 heteroatoms. The number of fused-ring (bicyclic) bond motifs is 6. The number of unbranched alkanes of at least 4 members (excludes halogenated alkanes) is 11. The molecule has 0 aromatic carbocycles. The van der Waals surface area contributed by atoms with Gasteiger partial charge in [-0.1, -0.05) is 80.1 Å². The number of ether oxygens (including phenoxy) is 9. The van der Waals surface area contributed by atoms with Gasteiger partial charge in [-0.05, 0) is 96.3 Å². The van der Waals surface area contributed by atoms with Crippen LogP contribution in [0.3, 0.4) is 0 Å². The highest BCUT2D eigenvalue weighted by atomic mass is 16.5. The van der Waals surface area contributed by atoms with E-state index in [2.05, 4.69) is 31.9 Å². The van der Waals surface area contributed by atoms with Crippen molar-refractivity contribution in [3.8, 4) is 0 Å². The fourth-order valence-electron chi connectivity index (χ4n) is 15.7. The number of hydrogen-bond acceptors (Lipinski definition) is 23. The lowest BCUT2D eigenvalue weighted by molar-refractivity contribution is -0.130. The summed E-state index contributed by atoms with van der Waals surface area (Å²) in [5.41, 5.74) is -3.52. The van der Waals surface area contributed by atoms with Crippen molar-refractivity contribution in [2.45, 2.75) is 295 Å². The fraction of sp³-hybridized carbons (Fsp3) is 0.901. The van der Waals surface area contributed by atoms with Crippen LogP contribution in [-0.4, -0.2) is 270 Å². The highest BCUT2D eigenvalue weighted by Gasteiger charge is 2.59. The molecule has 0 radical (unpaired) electrons. The summed E-state index contributed by atoms with van der Waals surface area (Å²) in [5.74, 6) is -1.41. The van der Waals surface area contributed by atoms with Crippen LogP contribution in [0.4, 0.5) is 0 Å². The monoisotopic (exact) mass is 1570 g/mol. The van der Waals surface area contributed by atoms with E-state index in [9.17, 15) is 69.0 Å². The van der Waals surface area contributed by atoms with Crippen LogP contribution >= 0.6 is 0 Å². The van der Waals surface area contributed by atoms with Crippen molar-refractivity contribution in [3.05, 3.63) is 0 Å². The van der Waals surface area contributed by atoms with Crippen molar-refractivity contribution in [2.24, 2.45) is 39.4 Å². The Labute approximate surface area is 653 Å². The zero-order chi connectivity index (χ0) is 80.0. The standard InChI is InChI=1S/C81H142N6O23/c1-57-61-45-78(51-108-61,74(99)71(57)96)48-102-39-20-16-26-60(88)25-15-19-34-82-67(92)31-42-105-54-81(87-70(95)30-14-12-10-8-7-9-11-13-27-64(89)77(4,5)6,55-106-43-32-68(93)85-37-23-35-83-65(90)28-17-21-40-103-49-79-46-62(109-52-79)58(2)72(97)75(79)100)56-107-44-33-69(94)86-38-24-36-84-66(91)29-18-22-41-104-50-80-47-63(110-53-80)59(3)73(98)76(80)101/h57-59,61-63,71-76,96-101H,7-56H2,1-6H3,(H,82,92)(H,83,90)(H,84,91)(H,85,93)(H,86,94)(H,87,95)/t57-,58-,59-,61-,62-,63-,71+,72+,73+,74+,75+,76+,78+,79+,80+/m0/s1. The van der Waals surface area contributed by atoms with Gasteiger partial charge in [-0.15, -0.1) is 0 Å². The molecule has 634 valence electrons. The number of aliphatic hydroxyl groups is 6. The van der Waals surface area contributed by atoms with Crippen LogP contribution in [0.15, 0.2) is 0 Å². The van der Waals surface area contributed by atoms with Crippen molar-refractivity contribution in [1.82, 2.24) is 31.9 Å². The number of carbonyl (C=O) groups excluding carboxylic acids is 8. The molecule has 3 aliphatic heterocycles. The molecule has 0 unspecified atom stereocenters. The topological polar surface area (TPSA) is 413 Å². The summed E-state index contributed by atoms with van der Waals surface area (Å²) in [6, 6.07) is 0. The molecule has 12 N–H and O–H groups in total. The maximum Gasteiger partial charge on any atom is 0.222 e. The van der Waals surface area contributed by atoms with Gasteiger partial charge in [-0.2, -0.15) is 0 Å². The third-order valence-electron chi connectivity index (χ3n) is 23.4. The van der Waals surface area contributed by atoms with Gasteiger partial charge >= 0.3 is 0 Å². The minimum atomic E-state index is -1.32. The summed E-state index contributed by atoms with van der Waals surface area (Å²) in [6.45, 7) is 15.7. The SMILES string of the molecule is C[C@@H]1[C@@H](O)[C@@H](O)[C@]2(COCCCCC(=O)CCCCNC(=O)CCOCC(COCCC(=O)NCCCNC(=O)CCCCOC[C@@]34CO[C@@H](C3)[C@H](C)[C@@H](O)[C@H]4O)(COCCC(=O)NCCCNC(=O)CCCCOC[C@@]34CO[C@@H](C3)[C@H](C)[C@@H](O)[C@H]4O)NC(=O)CCCCCCCCCCC(=O)C(C)(C)C)CO[C@H]1C2. The highest BCUT2D eigenvalue weighted by Crippen LogP contribution is 2.49. The Morgan fingerprint density at radius 2 is 0.636 bits per heavy atom. The van der Waals surface area contributed by atoms with E-state index in [1.807, 2.05) is 41.5 Å². The summed E-state index contributed by atoms with van der Waals surface area (Å²) in [6.07, 6.45) is 11.7. The Morgan fingerprint density at radius 1 is 0.345 bits per heavy atom. The van der Waals surface area contributed by atoms with E-state index in [0.29, 0.717) is 194 Å². The van der Waals surface area contributed by atoms with E-state index < -0.39 is 58.4 Å². The van der Waals surface area contributed by atoms with E-state index in [1.54, 1.807) is 0 Å². The molecular formula is C81H142N6O23. The normalized spacial score (nSPS) is 27.5. The minimum Gasteiger partial charge on any atom is -0.390 e. The van der Waals surface area contributed by atoms with Crippen molar-refractivity contribution in [1.29, 1.82) is 0 Å². The molecule has 6 aliphatic rings. The second-order valence-corrected chi connectivity index (χ2v) is 33.9. The first kappa shape index (κ1) is 94.4. The predicted octanol–water partition coefficient (Wildman–Crippen LogP) is 4.68. The molecule has 29 nitrogen and oxygen atoms in total. The van der Waals surface area contributed by atoms with Crippen molar-refractivity contribution >= 4 is 47.0 Å². The number of ketones is 2. The van der Waals surface area contributed by atoms with E-state index in [0.717, 1.165) is 44.9 Å². The number of hydrogen-bond donors (Lipinski definition) is 12. The van der Waals surface area contributed by atoms with Crippen molar-refractivity contribution < 1.29 is 112 Å². The molecule has 15 atom stereocenters. The highest BCUT2D eigenvalue weighted by molar-refractivity contribution is 5.83. The van der Waals surface area contributed by atoms with Crippen LogP contribution in [0, 0.1) is 39.4 Å². The van der Waals surface area contributed by atoms with Gasteiger partial charge in [-0.25, -0.2) is 0 Å². The van der Waals surface area contributed by atoms with Crippen molar-refractivity contribution in [2.75, 3.05) is 132 Å². The van der Waals surface area contributed by atoms with Gasteiger partial charge in [0.25, 0.3) is 0 Å². The van der Waals surface area contributed by atoms with Gasteiger partial charge in [0.2, 0.25) is 35.4 Å². The summed E-state index contributed by atoms with van der Waals surface area (Å²) < 4.78 is 53.7. The molecule has 3 saturated carbocycles. The van der Waals surface area contributed by atoms with Gasteiger partial charge in [0.1, 0.15) is 17.1 Å². The first-order chi connectivity index (χ1) is 52.6. The summed E-state index contributed by atoms with van der Waals surface area (Å²) in [5, 5.41) is 81.3. The average Bonchev–Trinajstić information content (AvgIpc) is 1.61. The molecule has 0 aromatic rings. The lowest BCUT2D eigenvalue weighted by atomic mass is 9.69. The average molecular weight is 1570 g/mol. The van der Waals surface area contributed by atoms with E-state index >= 15 is 0 Å². The van der Waals surface area contributed by atoms with Crippen LogP contribution in [0.1, 0.15) is 234 Å². The number of rotatable bonds is 61. The van der Waals surface area contributed by atoms with Gasteiger partial charge < -0.3 is 105 Å². The zero-order valence-electron chi connectivity index (χ0n) is 67.4. The van der Waals surface area contributed by atoms with E-state index in [4.69, 9.17) is 42.6 Å². The molecule has 3 heterocycles. The molecular weight excluding hydrogens is 1420 g/mol. The molecule has 6 rings (SSSR count). The number of carbonyl (C=O) groups is 8. The minimum absolute atomic E-state index is 0.0108. The Hall–Kier alpha value is -4.44. The first-order valence-corrected chi connectivity index (χ1v) is 41.7. The van der Waals surface area contributed by atoms with E-state index in [1.165, 1.54) is 0 Å². The maximum absolute atomic E-state index is 14.0.